The van der Waals surface area contributed by atoms with E-state index < -0.39 is 0 Å². The van der Waals surface area contributed by atoms with Crippen LogP contribution in [-0.4, -0.2) is 21.0 Å². The Hall–Kier alpha value is 0.200. The van der Waals surface area contributed by atoms with Gasteiger partial charge in [-0.25, -0.2) is 4.98 Å². The van der Waals surface area contributed by atoms with E-state index in [0.717, 1.165) is 22.4 Å². The number of thioether (sulfide) groups is 1. The van der Waals surface area contributed by atoms with Gasteiger partial charge in [0.15, 0.2) is 4.34 Å². The number of nitrogens with zero attached hydrogens (tertiary/aromatic N) is 2. The fraction of sp³-hybridized carbons (Fsp3) is 0.714. The molecule has 0 radical (unpaired) electrons. The van der Waals surface area contributed by atoms with Crippen LogP contribution in [0.3, 0.4) is 0 Å². The third kappa shape index (κ3) is 4.28. The summed E-state index contributed by atoms with van der Waals surface area (Å²) in [6.07, 6.45) is 5.16. The molecule has 0 atom stereocenters. The Bertz CT molecular complexity index is 191. The Labute approximate surface area is 85.9 Å². The lowest BCUT2D eigenvalue weighted by molar-refractivity contribution is 0.783. The Morgan fingerprint density at radius 3 is 3.00 bits per heavy atom. The van der Waals surface area contributed by atoms with Gasteiger partial charge in [0.05, 0.1) is 0 Å². The molecule has 0 fully saturated rings. The lowest BCUT2D eigenvalue weighted by Gasteiger charge is -1.95. The molecule has 0 N–H and O–H groups in total. The quantitative estimate of drug-likeness (QED) is 0.420. The predicted molar refractivity (Wildman–Crippen MR) is 55.2 cm³/mol. The molecular weight excluding hydrogens is 212 g/mol. The van der Waals surface area contributed by atoms with E-state index in [1.165, 1.54) is 24.4 Å². The van der Waals surface area contributed by atoms with Crippen LogP contribution < -0.4 is 0 Å². The van der Waals surface area contributed by atoms with Gasteiger partial charge in [-0.15, -0.1) is 11.6 Å². The van der Waals surface area contributed by atoms with Crippen LogP contribution in [0.4, 0.5) is 0 Å². The highest BCUT2D eigenvalue weighted by molar-refractivity contribution is 8.00. The van der Waals surface area contributed by atoms with Crippen LogP contribution in [0.2, 0.25) is 0 Å². The number of hydrogen-bond donors (Lipinski definition) is 0. The molecule has 5 heteroatoms. The Morgan fingerprint density at radius 2 is 2.33 bits per heavy atom. The largest absolute Gasteiger partial charge is 0.216 e. The second-order valence-electron chi connectivity index (χ2n) is 2.31. The molecule has 2 nitrogen and oxygen atoms in total. The van der Waals surface area contributed by atoms with E-state index in [2.05, 4.69) is 9.36 Å². The number of rotatable bonds is 6. The molecule has 0 bridgehead atoms. The monoisotopic (exact) mass is 222 g/mol. The van der Waals surface area contributed by atoms with E-state index in [-0.39, 0.29) is 0 Å². The molecule has 0 aromatic carbocycles. The van der Waals surface area contributed by atoms with Crippen LogP contribution in [0.1, 0.15) is 19.3 Å². The number of halogens is 1. The van der Waals surface area contributed by atoms with Gasteiger partial charge in [0, 0.05) is 11.6 Å². The van der Waals surface area contributed by atoms with Crippen molar-refractivity contribution in [1.29, 1.82) is 0 Å². The molecule has 1 heterocycles. The molecule has 1 aromatic rings. The summed E-state index contributed by atoms with van der Waals surface area (Å²) in [7, 11) is 0. The first kappa shape index (κ1) is 10.3. The molecule has 68 valence electrons. The Morgan fingerprint density at radius 1 is 1.42 bits per heavy atom. The summed E-state index contributed by atoms with van der Waals surface area (Å²) < 4.78 is 5.00. The van der Waals surface area contributed by atoms with Crippen LogP contribution in [0, 0.1) is 0 Å². The fourth-order valence-corrected chi connectivity index (χ4v) is 2.46. The first-order chi connectivity index (χ1) is 5.93. The summed E-state index contributed by atoms with van der Waals surface area (Å²) >= 11 is 8.79. The van der Waals surface area contributed by atoms with Gasteiger partial charge in [-0.3, -0.25) is 0 Å². The van der Waals surface area contributed by atoms with Crippen LogP contribution in [0.15, 0.2) is 10.7 Å². The number of hydrogen-bond acceptors (Lipinski definition) is 4. The maximum Gasteiger partial charge on any atom is 0.169 e. The lowest BCUT2D eigenvalue weighted by Crippen LogP contribution is -1.81. The summed E-state index contributed by atoms with van der Waals surface area (Å²) in [5.74, 6) is 1.91. The van der Waals surface area contributed by atoms with Crippen molar-refractivity contribution in [2.45, 2.75) is 23.6 Å². The number of aromatic nitrogens is 2. The van der Waals surface area contributed by atoms with Gasteiger partial charge in [-0.1, -0.05) is 18.2 Å². The SMILES string of the molecule is ClCCCCCSc1ncns1. The minimum atomic E-state index is 0.781. The lowest BCUT2D eigenvalue weighted by atomic mass is 10.3. The minimum Gasteiger partial charge on any atom is -0.216 e. The molecule has 1 rings (SSSR count). The summed E-state index contributed by atoms with van der Waals surface area (Å²) in [5, 5.41) is 0. The average Bonchev–Trinajstić information content (AvgIpc) is 2.57. The highest BCUT2D eigenvalue weighted by atomic mass is 35.5. The molecule has 0 aliphatic carbocycles. The van der Waals surface area contributed by atoms with E-state index >= 15 is 0 Å². The standard InChI is InChI=1S/C7H11ClN2S2/c8-4-2-1-3-5-11-7-9-6-10-12-7/h6H,1-5H2. The number of unbranched alkanes of at least 4 members (excludes halogenated alkanes) is 2. The predicted octanol–water partition coefficient (Wildman–Crippen LogP) is 3.04. The van der Waals surface area contributed by atoms with Crippen molar-refractivity contribution in [3.05, 3.63) is 6.33 Å². The zero-order valence-corrected chi connectivity index (χ0v) is 9.09. The van der Waals surface area contributed by atoms with Gasteiger partial charge in [0.25, 0.3) is 0 Å². The van der Waals surface area contributed by atoms with E-state index in [1.54, 1.807) is 18.1 Å². The normalized spacial score (nSPS) is 10.4. The fourth-order valence-electron chi connectivity index (χ4n) is 0.759. The maximum absolute atomic E-state index is 5.55. The molecule has 0 saturated heterocycles. The molecule has 0 aliphatic rings. The van der Waals surface area contributed by atoms with Crippen LogP contribution in [0.5, 0.6) is 0 Å². The van der Waals surface area contributed by atoms with Crippen molar-refractivity contribution >= 4 is 34.9 Å². The first-order valence-corrected chi connectivity index (χ1v) is 6.18. The van der Waals surface area contributed by atoms with E-state index in [0.29, 0.717) is 0 Å². The Balaban J connectivity index is 1.96. The van der Waals surface area contributed by atoms with Gasteiger partial charge < -0.3 is 0 Å². The first-order valence-electron chi connectivity index (χ1n) is 3.89. The van der Waals surface area contributed by atoms with Crippen LogP contribution in [0.25, 0.3) is 0 Å². The zero-order valence-electron chi connectivity index (χ0n) is 6.70. The topological polar surface area (TPSA) is 25.8 Å². The molecule has 1 aromatic heterocycles. The van der Waals surface area contributed by atoms with Crippen molar-refractivity contribution in [1.82, 2.24) is 9.36 Å². The van der Waals surface area contributed by atoms with Crippen molar-refractivity contribution in [3.63, 3.8) is 0 Å². The zero-order chi connectivity index (χ0) is 8.65. The summed E-state index contributed by atoms with van der Waals surface area (Å²) in [4.78, 5) is 4.08. The van der Waals surface area contributed by atoms with Gasteiger partial charge in [-0.2, -0.15) is 4.37 Å². The van der Waals surface area contributed by atoms with E-state index in [4.69, 9.17) is 11.6 Å². The second-order valence-corrected chi connectivity index (χ2v) is 4.81. The molecule has 0 amide bonds. The van der Waals surface area contributed by atoms with Crippen LogP contribution >= 0.6 is 34.9 Å². The van der Waals surface area contributed by atoms with Gasteiger partial charge in [0.2, 0.25) is 0 Å². The molecule has 0 unspecified atom stereocenters. The molecule has 0 spiro atoms. The van der Waals surface area contributed by atoms with Gasteiger partial charge in [-0.05, 0) is 24.4 Å². The average molecular weight is 223 g/mol. The van der Waals surface area contributed by atoms with Crippen molar-refractivity contribution < 1.29 is 0 Å². The highest BCUT2D eigenvalue weighted by Crippen LogP contribution is 2.19. The van der Waals surface area contributed by atoms with Crippen LogP contribution in [-0.2, 0) is 0 Å². The molecule has 0 aliphatic heterocycles. The third-order valence-corrected chi connectivity index (χ3v) is 3.50. The summed E-state index contributed by atoms with van der Waals surface area (Å²) in [6.45, 7) is 0. The maximum atomic E-state index is 5.55. The third-order valence-electron chi connectivity index (χ3n) is 1.34. The van der Waals surface area contributed by atoms with Crippen molar-refractivity contribution in [3.8, 4) is 0 Å². The van der Waals surface area contributed by atoms with Crippen molar-refractivity contribution in [2.24, 2.45) is 0 Å². The van der Waals surface area contributed by atoms with E-state index in [1.807, 2.05) is 0 Å². The van der Waals surface area contributed by atoms with E-state index in [9.17, 15) is 0 Å². The minimum absolute atomic E-state index is 0.781. The number of alkyl halides is 1. The summed E-state index contributed by atoms with van der Waals surface area (Å²) in [5.41, 5.74) is 0. The second kappa shape index (κ2) is 6.69. The smallest absolute Gasteiger partial charge is 0.169 e. The van der Waals surface area contributed by atoms with Gasteiger partial charge in [0.1, 0.15) is 6.33 Å². The molecule has 12 heavy (non-hydrogen) atoms. The van der Waals surface area contributed by atoms with Crippen molar-refractivity contribution in [2.75, 3.05) is 11.6 Å². The Kier molecular flexibility index (Phi) is 5.73. The molecule has 0 saturated carbocycles. The van der Waals surface area contributed by atoms with Gasteiger partial charge >= 0.3 is 0 Å². The molecular formula is C7H11ClN2S2. The summed E-state index contributed by atoms with van der Waals surface area (Å²) in [6, 6.07) is 0. The highest BCUT2D eigenvalue weighted by Gasteiger charge is 1.96.